The molecule has 5 heteroatoms. The van der Waals surface area contributed by atoms with Crippen LogP contribution in [-0.2, 0) is 0 Å². The first kappa shape index (κ1) is 17.3. The summed E-state index contributed by atoms with van der Waals surface area (Å²) in [4.78, 5) is 3.96. The number of benzene rings is 1. The quantitative estimate of drug-likeness (QED) is 0.899. The van der Waals surface area contributed by atoms with E-state index in [0.29, 0.717) is 0 Å². The van der Waals surface area contributed by atoms with Crippen molar-refractivity contribution in [2.75, 3.05) is 40.4 Å². The van der Waals surface area contributed by atoms with Gasteiger partial charge in [-0.25, -0.2) is 0 Å². The van der Waals surface area contributed by atoms with Crippen LogP contribution >= 0.6 is 11.3 Å². The van der Waals surface area contributed by atoms with Crippen LogP contribution in [0.4, 0.5) is 0 Å². The van der Waals surface area contributed by atoms with Gasteiger partial charge in [-0.15, -0.1) is 11.3 Å². The molecule has 0 spiro atoms. The van der Waals surface area contributed by atoms with Crippen LogP contribution in [0.3, 0.4) is 0 Å². The van der Waals surface area contributed by atoms with Gasteiger partial charge in [0.2, 0.25) is 0 Å². The van der Waals surface area contributed by atoms with E-state index in [1.807, 2.05) is 23.5 Å². The van der Waals surface area contributed by atoms with E-state index < -0.39 is 0 Å². The highest BCUT2D eigenvalue weighted by molar-refractivity contribution is 7.10. The number of thiophene rings is 1. The summed E-state index contributed by atoms with van der Waals surface area (Å²) >= 11 is 1.83. The van der Waals surface area contributed by atoms with Crippen molar-refractivity contribution in [3.63, 3.8) is 0 Å². The van der Waals surface area contributed by atoms with Gasteiger partial charge in [0.15, 0.2) is 0 Å². The van der Waals surface area contributed by atoms with Crippen LogP contribution in [-0.4, -0.2) is 45.3 Å². The number of nitrogens with zero attached hydrogens (tertiary/aromatic N) is 1. The van der Waals surface area contributed by atoms with E-state index in [1.54, 1.807) is 14.2 Å². The van der Waals surface area contributed by atoms with Crippen molar-refractivity contribution in [1.82, 2.24) is 10.2 Å². The second-order valence-corrected chi connectivity index (χ2v) is 7.07. The average molecular weight is 346 g/mol. The number of methoxy groups -OCH3 is 2. The number of ether oxygens (including phenoxy) is 2. The normalized spacial score (nSPS) is 17.3. The zero-order valence-electron chi connectivity index (χ0n) is 14.7. The summed E-state index contributed by atoms with van der Waals surface area (Å²) in [6, 6.07) is 8.51. The molecule has 1 aliphatic rings. The van der Waals surface area contributed by atoms with Gasteiger partial charge in [0.05, 0.1) is 20.3 Å². The molecule has 1 aliphatic heterocycles. The summed E-state index contributed by atoms with van der Waals surface area (Å²) < 4.78 is 11.2. The number of hydrogen-bond donors (Lipinski definition) is 1. The van der Waals surface area contributed by atoms with E-state index in [2.05, 4.69) is 34.7 Å². The van der Waals surface area contributed by atoms with E-state index >= 15 is 0 Å². The van der Waals surface area contributed by atoms with E-state index in [-0.39, 0.29) is 6.04 Å². The summed E-state index contributed by atoms with van der Waals surface area (Å²) in [6.45, 7) is 6.41. The smallest absolute Gasteiger partial charge is 0.124 e. The van der Waals surface area contributed by atoms with Crippen LogP contribution in [0.1, 0.15) is 28.5 Å². The van der Waals surface area contributed by atoms with Crippen LogP contribution in [0.2, 0.25) is 0 Å². The van der Waals surface area contributed by atoms with Crippen LogP contribution in [0.5, 0.6) is 11.5 Å². The Balaban J connectivity index is 2.09. The fraction of sp³-hybridized carbons (Fsp3) is 0.474. The Morgan fingerprint density at radius 3 is 2.71 bits per heavy atom. The molecule has 0 amide bonds. The molecule has 4 nitrogen and oxygen atoms in total. The first-order valence-electron chi connectivity index (χ1n) is 8.45. The molecule has 1 aromatic heterocycles. The Bertz CT molecular complexity index is 663. The number of nitrogens with one attached hydrogen (secondary N) is 1. The number of hydrogen-bond acceptors (Lipinski definition) is 5. The second kappa shape index (κ2) is 8.01. The molecule has 2 aromatic rings. The molecule has 1 saturated heterocycles. The van der Waals surface area contributed by atoms with Crippen molar-refractivity contribution in [3.8, 4) is 11.5 Å². The molecule has 1 unspecified atom stereocenters. The summed E-state index contributed by atoms with van der Waals surface area (Å²) in [5.74, 6) is 1.80. The zero-order chi connectivity index (χ0) is 16.9. The maximum absolute atomic E-state index is 5.69. The van der Waals surface area contributed by atoms with Gasteiger partial charge in [0, 0.05) is 30.1 Å². The van der Waals surface area contributed by atoms with Gasteiger partial charge in [0.25, 0.3) is 0 Å². The zero-order valence-corrected chi connectivity index (χ0v) is 15.5. The predicted molar refractivity (Wildman–Crippen MR) is 99.5 cm³/mol. The summed E-state index contributed by atoms with van der Waals surface area (Å²) in [5, 5.41) is 5.68. The number of rotatable bonds is 5. The molecule has 0 aliphatic carbocycles. The van der Waals surface area contributed by atoms with Gasteiger partial charge in [-0.2, -0.15) is 0 Å². The fourth-order valence-electron chi connectivity index (χ4n) is 3.35. The highest BCUT2D eigenvalue weighted by atomic mass is 32.1. The second-order valence-electron chi connectivity index (χ2n) is 6.12. The minimum absolute atomic E-state index is 0.204. The van der Waals surface area contributed by atoms with Crippen molar-refractivity contribution in [2.45, 2.75) is 19.4 Å². The van der Waals surface area contributed by atoms with Gasteiger partial charge in [-0.3, -0.25) is 4.90 Å². The molecule has 2 heterocycles. The molecule has 130 valence electrons. The molecular formula is C19H26N2O2S. The lowest BCUT2D eigenvalue weighted by Gasteiger charge is -2.32. The maximum atomic E-state index is 5.69. The van der Waals surface area contributed by atoms with Crippen molar-refractivity contribution >= 4 is 11.3 Å². The monoisotopic (exact) mass is 346 g/mol. The molecule has 0 bridgehead atoms. The van der Waals surface area contributed by atoms with Crippen molar-refractivity contribution in [1.29, 1.82) is 0 Å². The van der Waals surface area contributed by atoms with Crippen LogP contribution in [0, 0.1) is 6.92 Å². The van der Waals surface area contributed by atoms with Crippen LogP contribution < -0.4 is 14.8 Å². The largest absolute Gasteiger partial charge is 0.497 e. The minimum Gasteiger partial charge on any atom is -0.497 e. The third-order valence-electron chi connectivity index (χ3n) is 4.62. The lowest BCUT2D eigenvalue weighted by atomic mass is 9.99. The third kappa shape index (κ3) is 3.58. The van der Waals surface area contributed by atoms with Gasteiger partial charge in [-0.05, 0) is 55.1 Å². The van der Waals surface area contributed by atoms with E-state index in [9.17, 15) is 0 Å². The Labute approximate surface area is 148 Å². The Kier molecular flexibility index (Phi) is 5.76. The van der Waals surface area contributed by atoms with Crippen molar-refractivity contribution in [2.24, 2.45) is 0 Å². The van der Waals surface area contributed by atoms with Crippen molar-refractivity contribution < 1.29 is 9.47 Å². The number of aryl methyl sites for hydroxylation is 1. The molecule has 1 atom stereocenters. The molecular weight excluding hydrogens is 320 g/mol. The molecule has 0 radical (unpaired) electrons. The summed E-state index contributed by atoms with van der Waals surface area (Å²) in [6.07, 6.45) is 1.16. The fourth-order valence-corrected chi connectivity index (χ4v) is 4.42. The first-order valence-corrected chi connectivity index (χ1v) is 9.33. The lowest BCUT2D eigenvalue weighted by Crippen LogP contribution is -2.33. The van der Waals surface area contributed by atoms with E-state index in [0.717, 1.165) is 44.1 Å². The Morgan fingerprint density at radius 1 is 1.12 bits per heavy atom. The summed E-state index contributed by atoms with van der Waals surface area (Å²) in [5.41, 5.74) is 2.52. The Morgan fingerprint density at radius 2 is 2.00 bits per heavy atom. The standard InChI is InChI=1S/C19H26N2O2S/c1-14-7-12-24-19(14)18(21-10-4-8-20-9-11-21)16-13-15(22-2)5-6-17(16)23-3/h5-7,12-13,18,20H,4,8-11H2,1-3H3. The van der Waals surface area contributed by atoms with E-state index in [1.165, 1.54) is 16.0 Å². The van der Waals surface area contributed by atoms with Gasteiger partial charge in [0.1, 0.15) is 11.5 Å². The van der Waals surface area contributed by atoms with E-state index in [4.69, 9.17) is 9.47 Å². The average Bonchev–Trinajstić information content (AvgIpc) is 2.86. The minimum atomic E-state index is 0.204. The molecule has 1 aromatic carbocycles. The van der Waals surface area contributed by atoms with Crippen LogP contribution in [0.15, 0.2) is 29.6 Å². The molecule has 24 heavy (non-hydrogen) atoms. The predicted octanol–water partition coefficient (Wildman–Crippen LogP) is 3.46. The Hall–Kier alpha value is -1.56. The molecule has 1 fully saturated rings. The molecule has 1 N–H and O–H groups in total. The highest BCUT2D eigenvalue weighted by Gasteiger charge is 2.28. The third-order valence-corrected chi connectivity index (χ3v) is 5.69. The van der Waals surface area contributed by atoms with Gasteiger partial charge < -0.3 is 14.8 Å². The van der Waals surface area contributed by atoms with Gasteiger partial charge >= 0.3 is 0 Å². The summed E-state index contributed by atoms with van der Waals surface area (Å²) in [7, 11) is 3.46. The molecule has 3 rings (SSSR count). The van der Waals surface area contributed by atoms with Crippen molar-refractivity contribution in [3.05, 3.63) is 45.6 Å². The van der Waals surface area contributed by atoms with Crippen LogP contribution in [0.25, 0.3) is 0 Å². The maximum Gasteiger partial charge on any atom is 0.124 e. The first-order chi connectivity index (χ1) is 11.7. The lowest BCUT2D eigenvalue weighted by molar-refractivity contribution is 0.238. The SMILES string of the molecule is COc1ccc(OC)c(C(c2sccc2C)N2CCCNCC2)c1. The van der Waals surface area contributed by atoms with Gasteiger partial charge in [-0.1, -0.05) is 0 Å². The highest BCUT2D eigenvalue weighted by Crippen LogP contribution is 2.40. The molecule has 0 saturated carbocycles. The topological polar surface area (TPSA) is 33.7 Å².